The lowest BCUT2D eigenvalue weighted by atomic mass is 10.1. The summed E-state index contributed by atoms with van der Waals surface area (Å²) in [6.07, 6.45) is 1.61. The Bertz CT molecular complexity index is 1150. The van der Waals surface area contributed by atoms with Gasteiger partial charge in [-0.15, -0.1) is 10.2 Å². The second kappa shape index (κ2) is 9.22. The van der Waals surface area contributed by atoms with Crippen molar-refractivity contribution in [2.24, 2.45) is 0 Å². The Morgan fingerprint density at radius 2 is 1.81 bits per heavy atom. The number of nitrogens with zero attached hydrogens (tertiary/aromatic N) is 3. The van der Waals surface area contributed by atoms with Crippen LogP contribution in [-0.2, 0) is 11.3 Å². The van der Waals surface area contributed by atoms with Crippen LogP contribution in [0.4, 0.5) is 5.69 Å². The van der Waals surface area contributed by atoms with Gasteiger partial charge in [-0.1, -0.05) is 48.2 Å². The molecule has 31 heavy (non-hydrogen) atoms. The highest BCUT2D eigenvalue weighted by Crippen LogP contribution is 2.37. The molecule has 7 heteroatoms. The number of rotatable bonds is 7. The molecule has 1 amide bonds. The van der Waals surface area contributed by atoms with Crippen LogP contribution in [0.25, 0.3) is 11.6 Å². The van der Waals surface area contributed by atoms with Crippen molar-refractivity contribution in [3.05, 3.63) is 83.6 Å². The standard InChI is InChI=1S/C24H24N4O2S/c1-4-28-22(20-11-8-12-30-20)26-27-24(28)31-21(18-9-6-5-7-10-18)23(29)25-19-14-16(2)13-17(3)15-19/h5-15,21H,4H2,1-3H3,(H,25,29). The van der Waals surface area contributed by atoms with Crippen LogP contribution in [0.15, 0.2) is 76.5 Å². The second-order valence-electron chi connectivity index (χ2n) is 7.30. The van der Waals surface area contributed by atoms with Crippen LogP contribution in [0.1, 0.15) is 28.9 Å². The number of thioether (sulfide) groups is 1. The van der Waals surface area contributed by atoms with Crippen molar-refractivity contribution in [1.29, 1.82) is 0 Å². The van der Waals surface area contributed by atoms with Crippen LogP contribution < -0.4 is 5.32 Å². The third kappa shape index (κ3) is 4.72. The molecule has 2 heterocycles. The minimum atomic E-state index is -0.485. The molecule has 1 N–H and O–H groups in total. The number of carbonyl (C=O) groups is 1. The van der Waals surface area contributed by atoms with E-state index in [0.717, 1.165) is 22.4 Å². The first-order valence-corrected chi connectivity index (χ1v) is 11.0. The van der Waals surface area contributed by atoms with Crippen LogP contribution in [0.3, 0.4) is 0 Å². The smallest absolute Gasteiger partial charge is 0.242 e. The van der Waals surface area contributed by atoms with E-state index in [4.69, 9.17) is 4.42 Å². The van der Waals surface area contributed by atoms with E-state index in [1.54, 1.807) is 6.26 Å². The van der Waals surface area contributed by atoms with Crippen LogP contribution in [-0.4, -0.2) is 20.7 Å². The molecule has 2 aromatic carbocycles. The number of nitrogens with one attached hydrogen (secondary N) is 1. The van der Waals surface area contributed by atoms with Gasteiger partial charge in [0.15, 0.2) is 16.7 Å². The summed E-state index contributed by atoms with van der Waals surface area (Å²) < 4.78 is 7.46. The Morgan fingerprint density at radius 3 is 2.45 bits per heavy atom. The molecule has 0 fully saturated rings. The zero-order valence-corrected chi connectivity index (χ0v) is 18.5. The van der Waals surface area contributed by atoms with E-state index >= 15 is 0 Å². The van der Waals surface area contributed by atoms with E-state index in [0.29, 0.717) is 23.3 Å². The maximum absolute atomic E-state index is 13.4. The fraction of sp³-hybridized carbons (Fsp3) is 0.208. The molecule has 0 saturated carbocycles. The molecule has 0 spiro atoms. The Hall–Kier alpha value is -3.32. The van der Waals surface area contributed by atoms with Gasteiger partial charge in [0, 0.05) is 12.2 Å². The minimum Gasteiger partial charge on any atom is -0.461 e. The Kier molecular flexibility index (Phi) is 6.23. The Labute approximate surface area is 185 Å². The lowest BCUT2D eigenvalue weighted by molar-refractivity contribution is -0.115. The number of hydrogen-bond acceptors (Lipinski definition) is 5. The number of hydrogen-bond donors (Lipinski definition) is 1. The van der Waals surface area contributed by atoms with E-state index < -0.39 is 5.25 Å². The molecule has 1 unspecified atom stereocenters. The van der Waals surface area contributed by atoms with Crippen molar-refractivity contribution in [3.8, 4) is 11.6 Å². The molecule has 0 aliphatic heterocycles. The molecule has 0 aliphatic carbocycles. The molecular weight excluding hydrogens is 408 g/mol. The van der Waals surface area contributed by atoms with Gasteiger partial charge in [0.1, 0.15) is 5.25 Å². The summed E-state index contributed by atoms with van der Waals surface area (Å²) in [5.74, 6) is 1.19. The van der Waals surface area contributed by atoms with Gasteiger partial charge in [-0.05, 0) is 61.7 Å². The first kappa shape index (κ1) is 20.9. The largest absolute Gasteiger partial charge is 0.461 e. The van der Waals surface area contributed by atoms with Gasteiger partial charge in [-0.3, -0.25) is 9.36 Å². The summed E-state index contributed by atoms with van der Waals surface area (Å²) in [7, 11) is 0. The Balaban J connectivity index is 1.66. The molecule has 0 radical (unpaired) electrons. The number of carbonyl (C=O) groups excluding carboxylic acids is 1. The second-order valence-corrected chi connectivity index (χ2v) is 8.37. The summed E-state index contributed by atoms with van der Waals surface area (Å²) in [6, 6.07) is 19.4. The monoisotopic (exact) mass is 432 g/mol. The number of aryl methyl sites for hydroxylation is 2. The fourth-order valence-electron chi connectivity index (χ4n) is 3.51. The first-order valence-electron chi connectivity index (χ1n) is 10.1. The molecule has 0 saturated heterocycles. The molecule has 4 aromatic rings. The lowest BCUT2D eigenvalue weighted by Crippen LogP contribution is -2.19. The van der Waals surface area contributed by atoms with Crippen LogP contribution >= 0.6 is 11.8 Å². The normalized spacial score (nSPS) is 12.0. The Morgan fingerprint density at radius 1 is 1.06 bits per heavy atom. The molecule has 0 aliphatic rings. The highest BCUT2D eigenvalue weighted by molar-refractivity contribution is 8.00. The quantitative estimate of drug-likeness (QED) is 0.382. The van der Waals surface area contributed by atoms with Crippen molar-refractivity contribution >= 4 is 23.4 Å². The minimum absolute atomic E-state index is 0.105. The van der Waals surface area contributed by atoms with Crippen molar-refractivity contribution in [3.63, 3.8) is 0 Å². The van der Waals surface area contributed by atoms with Gasteiger partial charge in [0.25, 0.3) is 0 Å². The van der Waals surface area contributed by atoms with Gasteiger partial charge in [0.05, 0.1) is 6.26 Å². The van der Waals surface area contributed by atoms with Gasteiger partial charge in [-0.25, -0.2) is 0 Å². The summed E-state index contributed by atoms with van der Waals surface area (Å²) in [5, 5.41) is 11.9. The molecule has 158 valence electrons. The molecular formula is C24H24N4O2S. The molecule has 6 nitrogen and oxygen atoms in total. The van der Waals surface area contributed by atoms with Crippen molar-refractivity contribution in [2.45, 2.75) is 37.7 Å². The maximum atomic E-state index is 13.4. The van der Waals surface area contributed by atoms with E-state index in [2.05, 4.69) is 21.6 Å². The molecule has 2 aromatic heterocycles. The van der Waals surface area contributed by atoms with Crippen molar-refractivity contribution < 1.29 is 9.21 Å². The van der Waals surface area contributed by atoms with Crippen molar-refractivity contribution in [2.75, 3.05) is 5.32 Å². The number of anilines is 1. The number of benzene rings is 2. The predicted molar refractivity (Wildman–Crippen MR) is 123 cm³/mol. The summed E-state index contributed by atoms with van der Waals surface area (Å²) in [6.45, 7) is 6.72. The number of furan rings is 1. The maximum Gasteiger partial charge on any atom is 0.242 e. The van der Waals surface area contributed by atoms with E-state index in [1.807, 2.05) is 79.9 Å². The SMILES string of the molecule is CCn1c(SC(C(=O)Nc2cc(C)cc(C)c2)c2ccccc2)nnc1-c1ccco1. The molecule has 1 atom stereocenters. The zero-order chi connectivity index (χ0) is 21.8. The number of amides is 1. The highest BCUT2D eigenvalue weighted by Gasteiger charge is 2.26. The summed E-state index contributed by atoms with van der Waals surface area (Å²) in [5.41, 5.74) is 3.90. The fourth-order valence-corrected chi connectivity index (χ4v) is 4.61. The molecule has 4 rings (SSSR count). The third-order valence-corrected chi connectivity index (χ3v) is 6.06. The summed E-state index contributed by atoms with van der Waals surface area (Å²) in [4.78, 5) is 13.4. The average molecular weight is 433 g/mol. The van der Waals surface area contributed by atoms with Crippen LogP contribution in [0, 0.1) is 13.8 Å². The van der Waals surface area contributed by atoms with Crippen molar-refractivity contribution in [1.82, 2.24) is 14.8 Å². The number of aromatic nitrogens is 3. The van der Waals surface area contributed by atoms with Gasteiger partial charge < -0.3 is 9.73 Å². The van der Waals surface area contributed by atoms with Crippen LogP contribution in [0.5, 0.6) is 0 Å². The lowest BCUT2D eigenvalue weighted by Gasteiger charge is -2.17. The highest BCUT2D eigenvalue weighted by atomic mass is 32.2. The summed E-state index contributed by atoms with van der Waals surface area (Å²) >= 11 is 1.38. The zero-order valence-electron chi connectivity index (χ0n) is 17.7. The predicted octanol–water partition coefficient (Wildman–Crippen LogP) is 5.65. The third-order valence-electron chi connectivity index (χ3n) is 4.83. The van der Waals surface area contributed by atoms with E-state index in [9.17, 15) is 4.79 Å². The van der Waals surface area contributed by atoms with E-state index in [-0.39, 0.29) is 5.91 Å². The van der Waals surface area contributed by atoms with Gasteiger partial charge >= 0.3 is 0 Å². The van der Waals surface area contributed by atoms with Gasteiger partial charge in [-0.2, -0.15) is 0 Å². The van der Waals surface area contributed by atoms with E-state index in [1.165, 1.54) is 11.8 Å². The topological polar surface area (TPSA) is 73.0 Å². The first-order chi connectivity index (χ1) is 15.0. The average Bonchev–Trinajstić information content (AvgIpc) is 3.41. The van der Waals surface area contributed by atoms with Gasteiger partial charge in [0.2, 0.25) is 5.91 Å². The molecule has 0 bridgehead atoms. The van der Waals surface area contributed by atoms with Crippen LogP contribution in [0.2, 0.25) is 0 Å².